The third kappa shape index (κ3) is 4.82. The van der Waals surface area contributed by atoms with Gasteiger partial charge in [-0.1, -0.05) is 32.4 Å². The van der Waals surface area contributed by atoms with E-state index in [1.165, 1.54) is 18.2 Å². The largest absolute Gasteiger partial charge is 0.573 e. The van der Waals surface area contributed by atoms with Gasteiger partial charge in [0.2, 0.25) is 0 Å². The molecule has 5 nitrogen and oxygen atoms in total. The van der Waals surface area contributed by atoms with Crippen molar-refractivity contribution in [2.75, 3.05) is 31.6 Å². The number of ether oxygens (including phenoxy) is 1. The maximum Gasteiger partial charge on any atom is 0.573 e. The Bertz CT molecular complexity index is 1260. The van der Waals surface area contributed by atoms with Crippen molar-refractivity contribution in [2.45, 2.75) is 33.2 Å². The SMILES string of the molecule is C#Cc1nc2ccc(N3CCN(C)C(C(C)(C)C)C3)cc2n1-c1ccc(OC(F)(F)F)c(Cl)c1. The molecule has 34 heavy (non-hydrogen) atoms. The molecular formula is C25H26ClF3N4O. The van der Waals surface area contributed by atoms with Crippen LogP contribution in [-0.2, 0) is 0 Å². The summed E-state index contributed by atoms with van der Waals surface area (Å²) in [7, 11) is 2.15. The predicted octanol–water partition coefficient (Wildman–Crippen LogP) is 5.73. The summed E-state index contributed by atoms with van der Waals surface area (Å²) in [5.74, 6) is 2.42. The second kappa shape index (κ2) is 8.71. The molecule has 1 aliphatic heterocycles. The Labute approximate surface area is 202 Å². The zero-order chi connectivity index (χ0) is 24.8. The molecule has 1 atom stereocenters. The Hall–Kier alpha value is -2.89. The number of anilines is 1. The van der Waals surface area contributed by atoms with Gasteiger partial charge in [-0.05, 0) is 54.8 Å². The number of halogens is 4. The summed E-state index contributed by atoms with van der Waals surface area (Å²) in [6, 6.07) is 10.4. The Morgan fingerprint density at radius 1 is 1.09 bits per heavy atom. The van der Waals surface area contributed by atoms with Crippen molar-refractivity contribution >= 4 is 28.3 Å². The molecule has 3 aromatic rings. The topological polar surface area (TPSA) is 33.5 Å². The number of hydrogen-bond acceptors (Lipinski definition) is 4. The van der Waals surface area contributed by atoms with Crippen LogP contribution in [0.4, 0.5) is 18.9 Å². The normalized spacial score (nSPS) is 17.7. The van der Waals surface area contributed by atoms with E-state index in [-0.39, 0.29) is 10.4 Å². The van der Waals surface area contributed by atoms with Crippen LogP contribution in [0.15, 0.2) is 36.4 Å². The van der Waals surface area contributed by atoms with E-state index >= 15 is 0 Å². The van der Waals surface area contributed by atoms with Crippen molar-refractivity contribution in [2.24, 2.45) is 5.41 Å². The average Bonchev–Trinajstić information content (AvgIpc) is 3.11. The van der Waals surface area contributed by atoms with Crippen molar-refractivity contribution in [3.05, 3.63) is 47.2 Å². The molecule has 1 unspecified atom stereocenters. The lowest BCUT2D eigenvalue weighted by molar-refractivity contribution is -0.274. The van der Waals surface area contributed by atoms with Crippen molar-refractivity contribution in [1.82, 2.24) is 14.5 Å². The first-order valence-corrected chi connectivity index (χ1v) is 11.2. The van der Waals surface area contributed by atoms with E-state index in [0.717, 1.165) is 30.8 Å². The molecule has 4 rings (SSSR count). The molecule has 0 amide bonds. The number of likely N-dealkylation sites (N-methyl/N-ethyl adjacent to an activating group) is 1. The van der Waals surface area contributed by atoms with Gasteiger partial charge in [0.25, 0.3) is 0 Å². The predicted molar refractivity (Wildman–Crippen MR) is 129 cm³/mol. The molecule has 9 heteroatoms. The first-order valence-electron chi connectivity index (χ1n) is 10.9. The van der Waals surface area contributed by atoms with E-state index < -0.39 is 12.1 Å². The third-order valence-corrected chi connectivity index (χ3v) is 6.47. The molecule has 0 spiro atoms. The number of hydrogen-bond donors (Lipinski definition) is 0. The Kier molecular flexibility index (Phi) is 6.21. The van der Waals surface area contributed by atoms with E-state index in [1.807, 2.05) is 18.2 Å². The first-order chi connectivity index (χ1) is 15.9. The van der Waals surface area contributed by atoms with E-state index in [9.17, 15) is 13.2 Å². The standard InChI is InChI=1S/C25H26ClF3N4O/c1-6-23-30-19-9-7-16(32-12-11-31(5)22(15-32)24(2,3)4)14-20(19)33(23)17-8-10-21(18(26)13-17)34-25(27,28)29/h1,7-10,13-14,22H,11-12,15H2,2-5H3. The number of imidazole rings is 1. The molecule has 0 radical (unpaired) electrons. The van der Waals surface area contributed by atoms with Crippen LogP contribution >= 0.6 is 11.6 Å². The van der Waals surface area contributed by atoms with Gasteiger partial charge in [0, 0.05) is 31.4 Å². The number of benzene rings is 2. The zero-order valence-electron chi connectivity index (χ0n) is 19.4. The summed E-state index contributed by atoms with van der Waals surface area (Å²) >= 11 is 6.10. The average molecular weight is 491 g/mol. The first kappa shape index (κ1) is 24.2. The fourth-order valence-corrected chi connectivity index (χ4v) is 4.71. The number of alkyl halides is 3. The van der Waals surface area contributed by atoms with E-state index in [0.29, 0.717) is 23.1 Å². The Morgan fingerprint density at radius 2 is 1.79 bits per heavy atom. The molecule has 1 saturated heterocycles. The smallest absolute Gasteiger partial charge is 0.404 e. The van der Waals surface area contributed by atoms with Crippen LogP contribution in [0, 0.1) is 17.8 Å². The van der Waals surface area contributed by atoms with Crippen molar-refractivity contribution in [3.63, 3.8) is 0 Å². The zero-order valence-corrected chi connectivity index (χ0v) is 20.2. The molecule has 180 valence electrons. The van der Waals surface area contributed by atoms with Gasteiger partial charge in [-0.15, -0.1) is 19.6 Å². The maximum atomic E-state index is 12.6. The fourth-order valence-electron chi connectivity index (χ4n) is 4.50. The maximum absolute atomic E-state index is 12.6. The molecule has 0 N–H and O–H groups in total. The highest BCUT2D eigenvalue weighted by atomic mass is 35.5. The number of rotatable bonds is 3. The van der Waals surface area contributed by atoms with E-state index in [1.54, 1.807) is 4.57 Å². The molecule has 0 aliphatic carbocycles. The van der Waals surface area contributed by atoms with Gasteiger partial charge < -0.3 is 9.64 Å². The highest BCUT2D eigenvalue weighted by molar-refractivity contribution is 6.32. The molecule has 0 bridgehead atoms. The Balaban J connectivity index is 1.75. The van der Waals surface area contributed by atoms with Crippen molar-refractivity contribution in [3.8, 4) is 23.8 Å². The number of nitrogens with zero attached hydrogens (tertiary/aromatic N) is 4. The quantitative estimate of drug-likeness (QED) is 0.439. The van der Waals surface area contributed by atoms with Crippen LogP contribution in [0.2, 0.25) is 5.02 Å². The van der Waals surface area contributed by atoms with Crippen LogP contribution in [0.1, 0.15) is 26.6 Å². The monoisotopic (exact) mass is 490 g/mol. The summed E-state index contributed by atoms with van der Waals surface area (Å²) < 4.78 is 43.6. The number of piperazine rings is 1. The van der Waals surface area contributed by atoms with E-state index in [2.05, 4.69) is 53.3 Å². The molecule has 1 aliphatic rings. The van der Waals surface area contributed by atoms with Crippen molar-refractivity contribution in [1.29, 1.82) is 0 Å². The second-order valence-corrected chi connectivity index (χ2v) is 9.97. The lowest BCUT2D eigenvalue weighted by atomic mass is 9.84. The highest BCUT2D eigenvalue weighted by Crippen LogP contribution is 2.35. The second-order valence-electron chi connectivity index (χ2n) is 9.56. The lowest BCUT2D eigenvalue weighted by Crippen LogP contribution is -2.56. The number of fused-ring (bicyclic) bond motifs is 1. The van der Waals surface area contributed by atoms with Gasteiger partial charge in [0.05, 0.1) is 21.7 Å². The minimum atomic E-state index is -4.83. The summed E-state index contributed by atoms with van der Waals surface area (Å²) in [4.78, 5) is 9.25. The summed E-state index contributed by atoms with van der Waals surface area (Å²) in [6.07, 6.45) is 0.875. The van der Waals surface area contributed by atoms with Crippen LogP contribution in [-0.4, -0.2) is 53.5 Å². The molecule has 1 fully saturated rings. The highest BCUT2D eigenvalue weighted by Gasteiger charge is 2.34. The number of aromatic nitrogens is 2. The Morgan fingerprint density at radius 3 is 2.41 bits per heavy atom. The molecule has 2 heterocycles. The third-order valence-electron chi connectivity index (χ3n) is 6.18. The van der Waals surface area contributed by atoms with Gasteiger partial charge in [0.1, 0.15) is 5.75 Å². The van der Waals surface area contributed by atoms with Gasteiger partial charge in [0.15, 0.2) is 5.82 Å². The minimum absolute atomic E-state index is 0.118. The lowest BCUT2D eigenvalue weighted by Gasteiger charge is -2.46. The van der Waals surface area contributed by atoms with Crippen LogP contribution in [0.25, 0.3) is 16.7 Å². The van der Waals surface area contributed by atoms with Crippen LogP contribution in [0.5, 0.6) is 5.75 Å². The van der Waals surface area contributed by atoms with Crippen LogP contribution in [0.3, 0.4) is 0 Å². The summed E-state index contributed by atoms with van der Waals surface area (Å²) in [5, 5.41) is -0.178. The molecule has 1 aromatic heterocycles. The summed E-state index contributed by atoms with van der Waals surface area (Å²) in [5.41, 5.74) is 3.08. The molecule has 2 aromatic carbocycles. The van der Waals surface area contributed by atoms with Gasteiger partial charge in [-0.2, -0.15) is 0 Å². The minimum Gasteiger partial charge on any atom is -0.404 e. The van der Waals surface area contributed by atoms with Gasteiger partial charge in [-0.25, -0.2) is 4.98 Å². The molecule has 0 saturated carbocycles. The van der Waals surface area contributed by atoms with E-state index in [4.69, 9.17) is 18.0 Å². The van der Waals surface area contributed by atoms with Gasteiger partial charge >= 0.3 is 6.36 Å². The number of terminal acetylenes is 1. The fraction of sp³-hybridized carbons (Fsp3) is 0.400. The van der Waals surface area contributed by atoms with Crippen molar-refractivity contribution < 1.29 is 17.9 Å². The summed E-state index contributed by atoms with van der Waals surface area (Å²) in [6.45, 7) is 9.41. The van der Waals surface area contributed by atoms with Crippen LogP contribution < -0.4 is 9.64 Å². The molecular weight excluding hydrogens is 465 g/mol. The van der Waals surface area contributed by atoms with Gasteiger partial charge in [-0.3, -0.25) is 9.47 Å².